The summed E-state index contributed by atoms with van der Waals surface area (Å²) in [5.74, 6) is 2.26. The van der Waals surface area contributed by atoms with Gasteiger partial charge in [0.25, 0.3) is 0 Å². The van der Waals surface area contributed by atoms with Gasteiger partial charge in [-0.05, 0) is 22.4 Å². The first kappa shape index (κ1) is 14.4. The van der Waals surface area contributed by atoms with E-state index in [2.05, 4.69) is 58.6 Å². The van der Waals surface area contributed by atoms with E-state index < -0.39 is 0 Å². The van der Waals surface area contributed by atoms with Crippen molar-refractivity contribution in [3.63, 3.8) is 0 Å². The van der Waals surface area contributed by atoms with Gasteiger partial charge in [0, 0.05) is 25.6 Å². The number of unbranched alkanes of at least 4 members (excludes halogenated alkanes) is 2. The molecule has 0 unspecified atom stereocenters. The average molecular weight is 300 g/mol. The molecule has 96 valence electrons. The molecule has 1 aromatic heterocycles. The molecule has 1 rings (SSSR count). The molecule has 0 amide bonds. The minimum absolute atomic E-state index is 0.357. The van der Waals surface area contributed by atoms with Crippen LogP contribution < -0.4 is 4.90 Å². The normalized spacial score (nSPS) is 10.9. The summed E-state index contributed by atoms with van der Waals surface area (Å²) < 4.78 is 0.869. The fraction of sp³-hybridized carbons (Fsp3) is 0.692. The van der Waals surface area contributed by atoms with Crippen molar-refractivity contribution in [1.82, 2.24) is 9.97 Å². The van der Waals surface area contributed by atoms with Crippen LogP contribution >= 0.6 is 15.9 Å². The van der Waals surface area contributed by atoms with Crippen LogP contribution in [-0.2, 0) is 0 Å². The van der Waals surface area contributed by atoms with Crippen LogP contribution in [0.25, 0.3) is 0 Å². The lowest BCUT2D eigenvalue weighted by Gasteiger charge is -2.19. The Labute approximate surface area is 113 Å². The molecule has 1 heterocycles. The van der Waals surface area contributed by atoms with Crippen LogP contribution in [0, 0.1) is 0 Å². The van der Waals surface area contributed by atoms with Gasteiger partial charge in [-0.15, -0.1) is 0 Å². The smallest absolute Gasteiger partial charge is 0.134 e. The summed E-state index contributed by atoms with van der Waals surface area (Å²) in [5, 5.41) is 0. The molecular formula is C13H22BrN3. The summed E-state index contributed by atoms with van der Waals surface area (Å²) >= 11 is 3.45. The number of hydrogen-bond donors (Lipinski definition) is 0. The van der Waals surface area contributed by atoms with Gasteiger partial charge < -0.3 is 4.90 Å². The number of halogens is 1. The van der Waals surface area contributed by atoms with Crippen LogP contribution in [-0.4, -0.2) is 23.6 Å². The molecule has 0 saturated carbocycles. The topological polar surface area (TPSA) is 29.0 Å². The van der Waals surface area contributed by atoms with E-state index in [4.69, 9.17) is 0 Å². The van der Waals surface area contributed by atoms with Crippen molar-refractivity contribution in [1.29, 1.82) is 0 Å². The van der Waals surface area contributed by atoms with E-state index in [-0.39, 0.29) is 0 Å². The summed E-state index contributed by atoms with van der Waals surface area (Å²) in [6.45, 7) is 7.50. The Hall–Kier alpha value is -0.640. The first-order valence-electron chi connectivity index (χ1n) is 6.30. The Kier molecular flexibility index (Phi) is 5.89. The SMILES string of the molecule is CCCCCN(C)c1cc(Br)nc(C(C)C)n1. The molecule has 0 aliphatic carbocycles. The highest BCUT2D eigenvalue weighted by Crippen LogP contribution is 2.19. The van der Waals surface area contributed by atoms with Gasteiger partial charge in [0.05, 0.1) is 0 Å². The predicted octanol–water partition coefficient (Wildman–Crippen LogP) is 3.99. The third-order valence-electron chi connectivity index (χ3n) is 2.70. The van der Waals surface area contributed by atoms with Gasteiger partial charge in [0.2, 0.25) is 0 Å². The highest BCUT2D eigenvalue weighted by molar-refractivity contribution is 9.10. The molecule has 0 fully saturated rings. The van der Waals surface area contributed by atoms with Crippen LogP contribution in [0.3, 0.4) is 0 Å². The molecule has 0 saturated heterocycles. The Morgan fingerprint density at radius 1 is 1.29 bits per heavy atom. The third kappa shape index (κ3) is 4.62. The molecule has 0 aliphatic rings. The number of nitrogens with zero attached hydrogens (tertiary/aromatic N) is 3. The van der Waals surface area contributed by atoms with Crippen LogP contribution in [0.2, 0.25) is 0 Å². The van der Waals surface area contributed by atoms with E-state index >= 15 is 0 Å². The van der Waals surface area contributed by atoms with E-state index in [1.807, 2.05) is 6.07 Å². The molecule has 0 radical (unpaired) electrons. The third-order valence-corrected chi connectivity index (χ3v) is 3.11. The Balaban J connectivity index is 2.75. The van der Waals surface area contributed by atoms with E-state index in [0.29, 0.717) is 5.92 Å². The minimum atomic E-state index is 0.357. The summed E-state index contributed by atoms with van der Waals surface area (Å²) in [4.78, 5) is 11.2. The number of aromatic nitrogens is 2. The lowest BCUT2D eigenvalue weighted by atomic mass is 10.2. The molecular weight excluding hydrogens is 278 g/mol. The van der Waals surface area contributed by atoms with E-state index in [9.17, 15) is 0 Å². The van der Waals surface area contributed by atoms with E-state index in [1.54, 1.807) is 0 Å². The van der Waals surface area contributed by atoms with Gasteiger partial charge in [-0.3, -0.25) is 0 Å². The molecule has 0 atom stereocenters. The van der Waals surface area contributed by atoms with E-state index in [0.717, 1.165) is 22.8 Å². The van der Waals surface area contributed by atoms with Crippen molar-refractivity contribution in [3.05, 3.63) is 16.5 Å². The quantitative estimate of drug-likeness (QED) is 0.587. The lowest BCUT2D eigenvalue weighted by molar-refractivity contribution is 0.694. The molecule has 0 aromatic carbocycles. The molecule has 3 nitrogen and oxygen atoms in total. The monoisotopic (exact) mass is 299 g/mol. The Morgan fingerprint density at radius 2 is 2.00 bits per heavy atom. The molecule has 0 bridgehead atoms. The van der Waals surface area contributed by atoms with Gasteiger partial charge in [-0.2, -0.15) is 0 Å². The number of rotatable bonds is 6. The Morgan fingerprint density at radius 3 is 2.59 bits per heavy atom. The average Bonchev–Trinajstić information content (AvgIpc) is 2.28. The lowest BCUT2D eigenvalue weighted by Crippen LogP contribution is -2.20. The molecule has 0 spiro atoms. The zero-order valence-electron chi connectivity index (χ0n) is 11.2. The van der Waals surface area contributed by atoms with Gasteiger partial charge in [-0.25, -0.2) is 9.97 Å². The second-order valence-corrected chi connectivity index (χ2v) is 5.50. The fourth-order valence-corrected chi connectivity index (χ4v) is 1.98. The van der Waals surface area contributed by atoms with Crippen molar-refractivity contribution in [2.24, 2.45) is 0 Å². The van der Waals surface area contributed by atoms with Crippen molar-refractivity contribution >= 4 is 21.7 Å². The van der Waals surface area contributed by atoms with Gasteiger partial charge in [-0.1, -0.05) is 33.6 Å². The van der Waals surface area contributed by atoms with Gasteiger partial charge in [0.1, 0.15) is 16.2 Å². The second kappa shape index (κ2) is 6.94. The van der Waals surface area contributed by atoms with Crippen molar-refractivity contribution in [3.8, 4) is 0 Å². The molecule has 0 aliphatic heterocycles. The van der Waals surface area contributed by atoms with E-state index in [1.165, 1.54) is 19.3 Å². The highest BCUT2D eigenvalue weighted by Gasteiger charge is 2.09. The Bertz CT molecular complexity index is 353. The molecule has 0 N–H and O–H groups in total. The maximum atomic E-state index is 4.60. The summed E-state index contributed by atoms with van der Waals surface area (Å²) in [5.41, 5.74) is 0. The van der Waals surface area contributed by atoms with Crippen LogP contribution in [0.4, 0.5) is 5.82 Å². The van der Waals surface area contributed by atoms with Crippen molar-refractivity contribution in [2.45, 2.75) is 46.0 Å². The highest BCUT2D eigenvalue weighted by atomic mass is 79.9. The standard InChI is InChI=1S/C13H22BrN3/c1-5-6-7-8-17(4)12-9-11(14)15-13(16-12)10(2)3/h9-10H,5-8H2,1-4H3. The summed E-state index contributed by atoms with van der Waals surface area (Å²) in [7, 11) is 2.09. The first-order chi connectivity index (χ1) is 8.04. The van der Waals surface area contributed by atoms with Gasteiger partial charge in [0.15, 0.2) is 0 Å². The maximum Gasteiger partial charge on any atom is 0.134 e. The van der Waals surface area contributed by atoms with Crippen LogP contribution in [0.1, 0.15) is 51.8 Å². The maximum absolute atomic E-state index is 4.60. The van der Waals surface area contributed by atoms with Crippen LogP contribution in [0.15, 0.2) is 10.7 Å². The first-order valence-corrected chi connectivity index (χ1v) is 7.09. The predicted molar refractivity (Wildman–Crippen MR) is 76.6 cm³/mol. The largest absolute Gasteiger partial charge is 0.360 e. The zero-order valence-corrected chi connectivity index (χ0v) is 12.8. The second-order valence-electron chi connectivity index (χ2n) is 4.69. The summed E-state index contributed by atoms with van der Waals surface area (Å²) in [6.07, 6.45) is 3.73. The number of anilines is 1. The molecule has 17 heavy (non-hydrogen) atoms. The molecule has 4 heteroatoms. The minimum Gasteiger partial charge on any atom is -0.360 e. The number of hydrogen-bond acceptors (Lipinski definition) is 3. The molecule has 1 aromatic rings. The van der Waals surface area contributed by atoms with Crippen LogP contribution in [0.5, 0.6) is 0 Å². The van der Waals surface area contributed by atoms with Crippen molar-refractivity contribution in [2.75, 3.05) is 18.5 Å². The van der Waals surface area contributed by atoms with Gasteiger partial charge >= 0.3 is 0 Å². The van der Waals surface area contributed by atoms with Crippen molar-refractivity contribution < 1.29 is 0 Å². The fourth-order valence-electron chi connectivity index (χ4n) is 1.59. The summed E-state index contributed by atoms with van der Waals surface area (Å²) in [6, 6.07) is 1.98. The zero-order chi connectivity index (χ0) is 12.8.